The SMILES string of the molecule is CCCN(CC(=O)N(C)C)C1CCC(N)C1. The Bertz CT molecular complexity index is 230. The zero-order chi connectivity index (χ0) is 12.1. The molecule has 1 rings (SSSR count). The molecule has 0 spiro atoms. The first-order valence-corrected chi connectivity index (χ1v) is 6.24. The van der Waals surface area contributed by atoms with Crippen molar-refractivity contribution in [2.45, 2.75) is 44.7 Å². The number of carbonyl (C=O) groups excluding carboxylic acids is 1. The van der Waals surface area contributed by atoms with Gasteiger partial charge in [-0.05, 0) is 32.2 Å². The van der Waals surface area contributed by atoms with Crippen molar-refractivity contribution >= 4 is 5.91 Å². The smallest absolute Gasteiger partial charge is 0.236 e. The minimum atomic E-state index is 0.189. The van der Waals surface area contributed by atoms with Crippen LogP contribution in [-0.2, 0) is 4.79 Å². The van der Waals surface area contributed by atoms with Gasteiger partial charge >= 0.3 is 0 Å². The largest absolute Gasteiger partial charge is 0.348 e. The average molecular weight is 227 g/mol. The van der Waals surface area contributed by atoms with E-state index in [1.54, 1.807) is 4.90 Å². The van der Waals surface area contributed by atoms with Gasteiger partial charge in [0.2, 0.25) is 5.91 Å². The molecule has 16 heavy (non-hydrogen) atoms. The van der Waals surface area contributed by atoms with Crippen LogP contribution < -0.4 is 5.73 Å². The number of amides is 1. The topological polar surface area (TPSA) is 49.6 Å². The molecular weight excluding hydrogens is 202 g/mol. The van der Waals surface area contributed by atoms with Gasteiger partial charge in [-0.1, -0.05) is 6.92 Å². The molecular formula is C12H25N3O. The van der Waals surface area contributed by atoms with Crippen molar-refractivity contribution in [3.05, 3.63) is 0 Å². The van der Waals surface area contributed by atoms with Gasteiger partial charge in [-0.2, -0.15) is 0 Å². The van der Waals surface area contributed by atoms with E-state index >= 15 is 0 Å². The first kappa shape index (κ1) is 13.5. The van der Waals surface area contributed by atoms with Crippen molar-refractivity contribution in [1.29, 1.82) is 0 Å². The molecule has 94 valence electrons. The van der Waals surface area contributed by atoms with E-state index in [0.29, 0.717) is 18.6 Å². The monoisotopic (exact) mass is 227 g/mol. The van der Waals surface area contributed by atoms with E-state index in [4.69, 9.17) is 5.73 Å². The Morgan fingerprint density at radius 2 is 2.06 bits per heavy atom. The van der Waals surface area contributed by atoms with Gasteiger partial charge in [0.15, 0.2) is 0 Å². The van der Waals surface area contributed by atoms with E-state index in [2.05, 4.69) is 11.8 Å². The maximum atomic E-state index is 11.7. The molecule has 0 aromatic carbocycles. The van der Waals surface area contributed by atoms with Crippen LogP contribution in [0, 0.1) is 0 Å². The molecule has 4 nitrogen and oxygen atoms in total. The predicted molar refractivity (Wildman–Crippen MR) is 66.2 cm³/mol. The first-order chi connectivity index (χ1) is 7.54. The van der Waals surface area contributed by atoms with Crippen molar-refractivity contribution in [2.24, 2.45) is 5.73 Å². The maximum Gasteiger partial charge on any atom is 0.236 e. The fraction of sp³-hybridized carbons (Fsp3) is 0.917. The molecule has 0 bridgehead atoms. The molecule has 1 aliphatic rings. The third-order valence-corrected chi connectivity index (χ3v) is 3.31. The molecule has 1 aliphatic carbocycles. The van der Waals surface area contributed by atoms with Gasteiger partial charge in [-0.3, -0.25) is 9.69 Å². The number of nitrogens with two attached hydrogens (primary N) is 1. The molecule has 0 heterocycles. The van der Waals surface area contributed by atoms with E-state index in [0.717, 1.165) is 32.2 Å². The van der Waals surface area contributed by atoms with Crippen molar-refractivity contribution < 1.29 is 4.79 Å². The third-order valence-electron chi connectivity index (χ3n) is 3.31. The summed E-state index contributed by atoms with van der Waals surface area (Å²) in [5.74, 6) is 0.189. The lowest BCUT2D eigenvalue weighted by Gasteiger charge is -2.29. The van der Waals surface area contributed by atoms with Crippen LogP contribution >= 0.6 is 0 Å². The van der Waals surface area contributed by atoms with Crippen LogP contribution in [0.15, 0.2) is 0 Å². The van der Waals surface area contributed by atoms with Crippen LogP contribution in [0.5, 0.6) is 0 Å². The molecule has 2 atom stereocenters. The van der Waals surface area contributed by atoms with Gasteiger partial charge < -0.3 is 10.6 Å². The zero-order valence-electron chi connectivity index (χ0n) is 10.8. The molecule has 1 fully saturated rings. The molecule has 0 aliphatic heterocycles. The van der Waals surface area contributed by atoms with Crippen molar-refractivity contribution in [3.63, 3.8) is 0 Å². The standard InChI is InChI=1S/C12H25N3O/c1-4-7-15(9-12(16)14(2)3)11-6-5-10(13)8-11/h10-11H,4-9,13H2,1-3H3. The van der Waals surface area contributed by atoms with Gasteiger partial charge in [0.25, 0.3) is 0 Å². The molecule has 2 unspecified atom stereocenters. The minimum absolute atomic E-state index is 0.189. The molecule has 0 radical (unpaired) electrons. The molecule has 2 N–H and O–H groups in total. The summed E-state index contributed by atoms with van der Waals surface area (Å²) in [7, 11) is 3.62. The van der Waals surface area contributed by atoms with Crippen molar-refractivity contribution in [2.75, 3.05) is 27.2 Å². The fourth-order valence-corrected chi connectivity index (χ4v) is 2.32. The van der Waals surface area contributed by atoms with E-state index in [-0.39, 0.29) is 5.91 Å². The van der Waals surface area contributed by atoms with Crippen LogP contribution in [0.1, 0.15) is 32.6 Å². The molecule has 0 aromatic heterocycles. The summed E-state index contributed by atoms with van der Waals surface area (Å²) in [5.41, 5.74) is 5.93. The second kappa shape index (κ2) is 6.21. The molecule has 4 heteroatoms. The summed E-state index contributed by atoms with van der Waals surface area (Å²) < 4.78 is 0. The highest BCUT2D eigenvalue weighted by Crippen LogP contribution is 2.22. The Morgan fingerprint density at radius 3 is 2.50 bits per heavy atom. The van der Waals surface area contributed by atoms with Crippen molar-refractivity contribution in [3.8, 4) is 0 Å². The van der Waals surface area contributed by atoms with E-state index in [9.17, 15) is 4.79 Å². The number of nitrogens with zero attached hydrogens (tertiary/aromatic N) is 2. The molecule has 0 aromatic rings. The van der Waals surface area contributed by atoms with E-state index < -0.39 is 0 Å². The Balaban J connectivity index is 2.50. The minimum Gasteiger partial charge on any atom is -0.348 e. The highest BCUT2D eigenvalue weighted by Gasteiger charge is 2.28. The van der Waals surface area contributed by atoms with Crippen LogP contribution in [-0.4, -0.2) is 55.0 Å². The Hall–Kier alpha value is -0.610. The summed E-state index contributed by atoms with van der Waals surface area (Å²) in [6.07, 6.45) is 4.37. The fourth-order valence-electron chi connectivity index (χ4n) is 2.32. The Morgan fingerprint density at radius 1 is 1.38 bits per heavy atom. The van der Waals surface area contributed by atoms with E-state index in [1.165, 1.54) is 0 Å². The second-order valence-electron chi connectivity index (χ2n) is 4.99. The van der Waals surface area contributed by atoms with Crippen LogP contribution in [0.2, 0.25) is 0 Å². The summed E-state index contributed by atoms with van der Waals surface area (Å²) in [5, 5.41) is 0. The van der Waals surface area contributed by atoms with Gasteiger partial charge in [-0.25, -0.2) is 0 Å². The van der Waals surface area contributed by atoms with Crippen LogP contribution in [0.25, 0.3) is 0 Å². The number of hydrogen-bond acceptors (Lipinski definition) is 3. The summed E-state index contributed by atoms with van der Waals surface area (Å²) in [4.78, 5) is 15.7. The van der Waals surface area contributed by atoms with Gasteiger partial charge in [0.05, 0.1) is 6.54 Å². The van der Waals surface area contributed by atoms with E-state index in [1.807, 2.05) is 14.1 Å². The lowest BCUT2D eigenvalue weighted by Crippen LogP contribution is -2.42. The number of carbonyl (C=O) groups is 1. The number of rotatable bonds is 5. The maximum absolute atomic E-state index is 11.7. The molecule has 0 saturated heterocycles. The van der Waals surface area contributed by atoms with Gasteiger partial charge in [0.1, 0.15) is 0 Å². The van der Waals surface area contributed by atoms with Gasteiger partial charge in [-0.15, -0.1) is 0 Å². The summed E-state index contributed by atoms with van der Waals surface area (Å²) in [6.45, 7) is 3.69. The zero-order valence-corrected chi connectivity index (χ0v) is 10.8. The Kier molecular flexibility index (Phi) is 5.22. The third kappa shape index (κ3) is 3.76. The molecule has 1 amide bonds. The summed E-state index contributed by atoms with van der Waals surface area (Å²) in [6, 6.07) is 0.845. The molecule has 1 saturated carbocycles. The highest BCUT2D eigenvalue weighted by molar-refractivity contribution is 5.77. The second-order valence-corrected chi connectivity index (χ2v) is 4.99. The lowest BCUT2D eigenvalue weighted by atomic mass is 10.2. The van der Waals surface area contributed by atoms with Crippen LogP contribution in [0.4, 0.5) is 0 Å². The number of likely N-dealkylation sites (N-methyl/N-ethyl adjacent to an activating group) is 1. The average Bonchev–Trinajstić information content (AvgIpc) is 2.64. The Labute approximate surface area is 98.8 Å². The van der Waals surface area contributed by atoms with Crippen molar-refractivity contribution in [1.82, 2.24) is 9.80 Å². The first-order valence-electron chi connectivity index (χ1n) is 6.24. The van der Waals surface area contributed by atoms with Gasteiger partial charge in [0, 0.05) is 26.2 Å². The normalized spacial score (nSPS) is 25.1. The lowest BCUT2D eigenvalue weighted by molar-refractivity contribution is -0.130. The van der Waals surface area contributed by atoms with Crippen LogP contribution in [0.3, 0.4) is 0 Å². The quantitative estimate of drug-likeness (QED) is 0.751. The summed E-state index contributed by atoms with van der Waals surface area (Å²) >= 11 is 0. The number of hydrogen-bond donors (Lipinski definition) is 1. The highest BCUT2D eigenvalue weighted by atomic mass is 16.2. The predicted octanol–water partition coefficient (Wildman–Crippen LogP) is 0.666.